The summed E-state index contributed by atoms with van der Waals surface area (Å²) in [6, 6.07) is 0. The molecule has 0 heterocycles. The van der Waals surface area contributed by atoms with Gasteiger partial charge in [0.25, 0.3) is 0 Å². The Morgan fingerprint density at radius 2 is 1.92 bits per heavy atom. The van der Waals surface area contributed by atoms with Crippen LogP contribution in [0.5, 0.6) is 0 Å². The van der Waals surface area contributed by atoms with Crippen LogP contribution in [0.15, 0.2) is 11.6 Å². The molecule has 3 heteroatoms. The van der Waals surface area contributed by atoms with Crippen molar-refractivity contribution in [2.24, 2.45) is 28.6 Å². The summed E-state index contributed by atoms with van der Waals surface area (Å²) in [5.74, 6) is 2.41. The third kappa shape index (κ3) is 2.52. The lowest BCUT2D eigenvalue weighted by molar-refractivity contribution is -0.159. The highest BCUT2D eigenvalue weighted by Crippen LogP contribution is 2.65. The highest BCUT2D eigenvalue weighted by molar-refractivity contribution is 5.91. The van der Waals surface area contributed by atoms with Gasteiger partial charge in [0.05, 0.1) is 0 Å². The number of carbonyl (C=O) groups is 2. The van der Waals surface area contributed by atoms with Gasteiger partial charge in [-0.15, -0.1) is 0 Å². The first-order valence-electron chi connectivity index (χ1n) is 10.3. The van der Waals surface area contributed by atoms with Gasteiger partial charge >= 0.3 is 5.97 Å². The highest BCUT2D eigenvalue weighted by Gasteiger charge is 2.59. The average Bonchev–Trinajstić information content (AvgIpc) is 2.92. The van der Waals surface area contributed by atoms with Crippen LogP contribution in [0.4, 0.5) is 0 Å². The Balaban J connectivity index is 1.59. The van der Waals surface area contributed by atoms with Gasteiger partial charge in [-0.2, -0.15) is 0 Å². The van der Waals surface area contributed by atoms with Crippen molar-refractivity contribution < 1.29 is 14.3 Å². The van der Waals surface area contributed by atoms with Crippen LogP contribution in [-0.2, 0) is 14.3 Å². The second-order valence-corrected chi connectivity index (χ2v) is 9.42. The largest absolute Gasteiger partial charge is 0.462 e. The maximum Gasteiger partial charge on any atom is 0.305 e. The monoisotopic (exact) mass is 344 g/mol. The van der Waals surface area contributed by atoms with Gasteiger partial charge in [-0.3, -0.25) is 9.59 Å². The van der Waals surface area contributed by atoms with Crippen molar-refractivity contribution in [3.05, 3.63) is 11.6 Å². The van der Waals surface area contributed by atoms with E-state index >= 15 is 0 Å². The third-order valence-electron chi connectivity index (χ3n) is 8.44. The zero-order valence-corrected chi connectivity index (χ0v) is 16.0. The molecule has 0 aliphatic heterocycles. The van der Waals surface area contributed by atoms with Crippen LogP contribution in [0.25, 0.3) is 0 Å². The predicted octanol–water partition coefficient (Wildman–Crippen LogP) is 4.84. The fourth-order valence-corrected chi connectivity index (χ4v) is 6.95. The summed E-state index contributed by atoms with van der Waals surface area (Å²) < 4.78 is 5.86. The van der Waals surface area contributed by atoms with Crippen LogP contribution >= 0.6 is 0 Å². The summed E-state index contributed by atoms with van der Waals surface area (Å²) in [5.41, 5.74) is 1.82. The van der Waals surface area contributed by atoms with E-state index in [-0.39, 0.29) is 22.9 Å². The average molecular weight is 344 g/mol. The Hall–Kier alpha value is -1.12. The molecule has 0 aromatic carbocycles. The molecule has 6 atom stereocenters. The number of rotatable bonds is 2. The number of carbonyl (C=O) groups excluding carboxylic acids is 2. The van der Waals surface area contributed by atoms with Crippen molar-refractivity contribution in [1.29, 1.82) is 0 Å². The Morgan fingerprint density at radius 1 is 1.12 bits per heavy atom. The molecular weight excluding hydrogens is 312 g/mol. The van der Waals surface area contributed by atoms with Gasteiger partial charge in [0.2, 0.25) is 0 Å². The van der Waals surface area contributed by atoms with Crippen LogP contribution in [0.3, 0.4) is 0 Å². The summed E-state index contributed by atoms with van der Waals surface area (Å²) in [5, 5.41) is 0. The lowest BCUT2D eigenvalue weighted by atomic mass is 9.47. The third-order valence-corrected chi connectivity index (χ3v) is 8.44. The number of hydrogen-bond donors (Lipinski definition) is 0. The summed E-state index contributed by atoms with van der Waals surface area (Å²) in [6.07, 6.45) is 11.3. The zero-order chi connectivity index (χ0) is 17.8. The van der Waals surface area contributed by atoms with Crippen molar-refractivity contribution in [2.75, 3.05) is 0 Å². The Morgan fingerprint density at radius 3 is 2.68 bits per heavy atom. The molecule has 4 aliphatic rings. The molecule has 0 spiro atoms. The number of ether oxygens (including phenoxy) is 1. The van der Waals surface area contributed by atoms with Gasteiger partial charge in [0, 0.05) is 18.3 Å². The number of ketones is 1. The predicted molar refractivity (Wildman–Crippen MR) is 96.9 cm³/mol. The zero-order valence-electron chi connectivity index (χ0n) is 16.0. The molecule has 0 unspecified atom stereocenters. The van der Waals surface area contributed by atoms with E-state index in [2.05, 4.69) is 13.8 Å². The number of fused-ring (bicyclic) bond motifs is 5. The van der Waals surface area contributed by atoms with Crippen molar-refractivity contribution >= 4 is 11.8 Å². The molecule has 0 N–H and O–H groups in total. The maximum absolute atomic E-state index is 11.9. The van der Waals surface area contributed by atoms with E-state index in [4.69, 9.17) is 4.74 Å². The van der Waals surface area contributed by atoms with Gasteiger partial charge in [-0.1, -0.05) is 26.3 Å². The van der Waals surface area contributed by atoms with Crippen LogP contribution in [0, 0.1) is 28.6 Å². The first-order valence-corrected chi connectivity index (χ1v) is 10.3. The summed E-state index contributed by atoms with van der Waals surface area (Å²) in [4.78, 5) is 23.8. The Bertz CT molecular complexity index is 621. The van der Waals surface area contributed by atoms with E-state index in [1.54, 1.807) is 0 Å². The standard InChI is InChI=1S/C22H32O3/c1-4-20(24)25-19-8-7-17-16-6-5-14-13-15(23)9-11-21(14,2)18(16)10-12-22(17,19)3/h13,16-19H,4-12H2,1-3H3/t16-,17+,18+,19+,21-,22+/m0/s1. The van der Waals surface area contributed by atoms with E-state index in [1.165, 1.54) is 24.8 Å². The first-order chi connectivity index (χ1) is 11.9. The SMILES string of the molecule is CCC(=O)O[C@@H]1CC[C@@H]2[C@@H]3CCC4=CC(=O)CC[C@]4(C)[C@@H]3CC[C@]21C. The molecule has 3 fully saturated rings. The molecule has 0 bridgehead atoms. The maximum atomic E-state index is 11.9. The molecule has 0 aromatic rings. The fraction of sp³-hybridized carbons (Fsp3) is 0.818. The van der Waals surface area contributed by atoms with Crippen molar-refractivity contribution in [3.63, 3.8) is 0 Å². The molecule has 0 aromatic heterocycles. The highest BCUT2D eigenvalue weighted by atomic mass is 16.5. The second-order valence-electron chi connectivity index (χ2n) is 9.42. The van der Waals surface area contributed by atoms with Gasteiger partial charge in [-0.05, 0) is 74.2 Å². The molecule has 0 radical (unpaired) electrons. The van der Waals surface area contributed by atoms with Crippen molar-refractivity contribution in [2.45, 2.75) is 84.7 Å². The van der Waals surface area contributed by atoms with E-state index < -0.39 is 0 Å². The van der Waals surface area contributed by atoms with Crippen molar-refractivity contribution in [1.82, 2.24) is 0 Å². The second kappa shape index (κ2) is 5.96. The fourth-order valence-electron chi connectivity index (χ4n) is 6.95. The van der Waals surface area contributed by atoms with Crippen LogP contribution in [0.2, 0.25) is 0 Å². The van der Waals surface area contributed by atoms with E-state index in [0.717, 1.165) is 38.0 Å². The van der Waals surface area contributed by atoms with E-state index in [0.29, 0.717) is 24.0 Å². The normalized spacial score (nSPS) is 45.9. The van der Waals surface area contributed by atoms with Crippen LogP contribution in [-0.4, -0.2) is 17.9 Å². The molecule has 138 valence electrons. The lowest BCUT2D eigenvalue weighted by Gasteiger charge is -2.57. The van der Waals surface area contributed by atoms with Gasteiger partial charge in [0.1, 0.15) is 6.10 Å². The molecule has 0 amide bonds. The Kier molecular flexibility index (Phi) is 4.12. The van der Waals surface area contributed by atoms with E-state index in [1.807, 2.05) is 13.0 Å². The first kappa shape index (κ1) is 17.3. The van der Waals surface area contributed by atoms with Crippen LogP contribution < -0.4 is 0 Å². The molecule has 4 rings (SSSR count). The quantitative estimate of drug-likeness (QED) is 0.673. The minimum Gasteiger partial charge on any atom is -0.462 e. The van der Waals surface area contributed by atoms with Gasteiger partial charge in [-0.25, -0.2) is 0 Å². The van der Waals surface area contributed by atoms with Gasteiger partial charge < -0.3 is 4.74 Å². The molecular formula is C22H32O3. The summed E-state index contributed by atoms with van der Waals surface area (Å²) in [6.45, 7) is 6.69. The summed E-state index contributed by atoms with van der Waals surface area (Å²) >= 11 is 0. The van der Waals surface area contributed by atoms with Crippen LogP contribution in [0.1, 0.15) is 78.6 Å². The number of hydrogen-bond acceptors (Lipinski definition) is 3. The molecule has 3 nitrogen and oxygen atoms in total. The number of allylic oxidation sites excluding steroid dienone is 1. The van der Waals surface area contributed by atoms with Crippen molar-refractivity contribution in [3.8, 4) is 0 Å². The van der Waals surface area contributed by atoms with E-state index in [9.17, 15) is 9.59 Å². The number of esters is 1. The summed E-state index contributed by atoms with van der Waals surface area (Å²) in [7, 11) is 0. The Labute approximate surface area is 151 Å². The molecule has 4 aliphatic carbocycles. The minimum absolute atomic E-state index is 0.0411. The topological polar surface area (TPSA) is 43.4 Å². The molecule has 0 saturated heterocycles. The minimum atomic E-state index is -0.0411. The van der Waals surface area contributed by atoms with Gasteiger partial charge in [0.15, 0.2) is 5.78 Å². The smallest absolute Gasteiger partial charge is 0.305 e. The molecule has 3 saturated carbocycles. The molecule has 25 heavy (non-hydrogen) atoms. The lowest BCUT2D eigenvalue weighted by Crippen LogP contribution is -2.51.